The van der Waals surface area contributed by atoms with Gasteiger partial charge < -0.3 is 25.9 Å². The second-order valence-corrected chi connectivity index (χ2v) is 12.0. The molecule has 4 N–H and O–H groups in total. The number of thiazole rings is 1. The van der Waals surface area contributed by atoms with Crippen LogP contribution in [0.1, 0.15) is 45.2 Å². The second-order valence-electron chi connectivity index (χ2n) is 9.38. The van der Waals surface area contributed by atoms with Crippen LogP contribution < -0.4 is 11.1 Å². The van der Waals surface area contributed by atoms with Crippen LogP contribution in [0.4, 0.5) is 5.13 Å². The number of rotatable bonds is 6. The van der Waals surface area contributed by atoms with Crippen LogP contribution in [0.3, 0.4) is 0 Å². The van der Waals surface area contributed by atoms with E-state index in [0.717, 1.165) is 19.3 Å². The number of anilines is 1. The summed E-state index contributed by atoms with van der Waals surface area (Å²) in [6.45, 7) is 3.57. The lowest BCUT2D eigenvalue weighted by Gasteiger charge is -2.43. The van der Waals surface area contributed by atoms with Gasteiger partial charge in [0.25, 0.3) is 5.91 Å². The van der Waals surface area contributed by atoms with Gasteiger partial charge in [-0.1, -0.05) is 5.16 Å². The molecule has 2 aliphatic carbocycles. The number of fused-ring (bicyclic) bond motifs is 3. The lowest BCUT2D eigenvalue weighted by atomic mass is 9.96. The number of thioether (sulfide) groups is 1. The van der Waals surface area contributed by atoms with Gasteiger partial charge >= 0.3 is 5.97 Å². The van der Waals surface area contributed by atoms with Gasteiger partial charge in [-0.25, -0.2) is 9.78 Å². The number of nitrogens with one attached hydrogen (secondary N) is 1. The predicted octanol–water partition coefficient (Wildman–Crippen LogP) is 1.27. The predicted molar refractivity (Wildman–Crippen MR) is 119 cm³/mol. The number of hydrogen-bond acceptors (Lipinski definition) is 9. The molecule has 2 saturated heterocycles. The Bertz CT molecular complexity index is 1010. The molecule has 3 unspecified atom stereocenters. The van der Waals surface area contributed by atoms with Crippen LogP contribution in [-0.4, -0.2) is 66.8 Å². The Labute approximate surface area is 192 Å². The Balaban J connectivity index is 1.33. The fourth-order valence-corrected chi connectivity index (χ4v) is 7.56. The number of carbonyl (C=O) groups is 3. The van der Waals surface area contributed by atoms with E-state index in [1.165, 1.54) is 34.4 Å². The summed E-state index contributed by atoms with van der Waals surface area (Å²) >= 11 is 2.55. The Morgan fingerprint density at radius 3 is 2.75 bits per heavy atom. The van der Waals surface area contributed by atoms with Crippen LogP contribution in [0.15, 0.2) is 10.5 Å². The third kappa shape index (κ3) is 3.43. The monoisotopic (exact) mass is 479 g/mol. The number of β-lactam (4-membered cyclic amide) rings is 1. The molecule has 2 amide bonds. The van der Waals surface area contributed by atoms with Gasteiger partial charge in [0.2, 0.25) is 5.91 Å². The highest BCUT2D eigenvalue weighted by molar-refractivity contribution is 8.01. The number of carbonyl (C=O) groups excluding carboxylic acids is 2. The number of carboxylic acid groups (broad SMARTS) is 1. The van der Waals surface area contributed by atoms with Gasteiger partial charge in [-0.3, -0.25) is 9.59 Å². The SMILES string of the molecule is CC1(C)S[C@@H]2[C@@H](NC(=O)C(=NOC3CC4CCC3C4)c3csc(N)n3)C(=O)N2[C@H]1C(=O)O. The smallest absolute Gasteiger partial charge is 0.327 e. The zero-order valence-corrected chi connectivity index (χ0v) is 19.3. The van der Waals surface area contributed by atoms with Gasteiger partial charge in [-0.2, -0.15) is 0 Å². The molecule has 2 saturated carbocycles. The highest BCUT2D eigenvalue weighted by Crippen LogP contribution is 2.51. The molecule has 0 aromatic carbocycles. The Kier molecular flexibility index (Phi) is 5.12. The van der Waals surface area contributed by atoms with E-state index >= 15 is 0 Å². The van der Waals surface area contributed by atoms with Gasteiger partial charge in [0.1, 0.15) is 29.3 Å². The maximum atomic E-state index is 13.1. The normalized spacial score (nSPS) is 34.9. The van der Waals surface area contributed by atoms with Crippen molar-refractivity contribution in [3.63, 3.8) is 0 Å². The first-order valence-corrected chi connectivity index (χ1v) is 12.4. The molecule has 32 heavy (non-hydrogen) atoms. The molecule has 5 rings (SSSR count). The van der Waals surface area contributed by atoms with E-state index in [9.17, 15) is 19.5 Å². The van der Waals surface area contributed by atoms with Crippen LogP contribution in [0, 0.1) is 11.8 Å². The molecular weight excluding hydrogens is 454 g/mol. The summed E-state index contributed by atoms with van der Waals surface area (Å²) in [5.74, 6) is -0.937. The van der Waals surface area contributed by atoms with Crippen molar-refractivity contribution in [3.05, 3.63) is 11.1 Å². The quantitative estimate of drug-likeness (QED) is 0.314. The molecule has 2 bridgehead atoms. The number of aliphatic carboxylic acids is 1. The number of nitrogens with two attached hydrogens (primary N) is 1. The molecule has 0 radical (unpaired) electrons. The molecule has 172 valence electrons. The van der Waals surface area contributed by atoms with Gasteiger partial charge in [-0.05, 0) is 51.4 Å². The Hall–Kier alpha value is -2.34. The van der Waals surface area contributed by atoms with E-state index in [4.69, 9.17) is 10.6 Å². The van der Waals surface area contributed by atoms with Crippen molar-refractivity contribution in [2.75, 3.05) is 5.73 Å². The van der Waals surface area contributed by atoms with E-state index in [2.05, 4.69) is 15.5 Å². The van der Waals surface area contributed by atoms with Crippen molar-refractivity contribution in [1.82, 2.24) is 15.2 Å². The molecule has 2 aliphatic heterocycles. The first kappa shape index (κ1) is 21.5. The van der Waals surface area contributed by atoms with Gasteiger partial charge in [0, 0.05) is 10.1 Å². The van der Waals surface area contributed by atoms with E-state index in [-0.39, 0.29) is 11.8 Å². The summed E-state index contributed by atoms with van der Waals surface area (Å²) in [6.07, 6.45) is 4.38. The minimum atomic E-state index is -1.05. The summed E-state index contributed by atoms with van der Waals surface area (Å²) in [6, 6.07) is -1.77. The number of amides is 2. The van der Waals surface area contributed by atoms with Crippen molar-refractivity contribution in [2.45, 2.75) is 67.8 Å². The van der Waals surface area contributed by atoms with E-state index < -0.39 is 40.0 Å². The van der Waals surface area contributed by atoms with Gasteiger partial charge in [0.15, 0.2) is 10.8 Å². The molecular formula is C20H25N5O5S2. The number of aromatic nitrogens is 1. The Morgan fingerprint density at radius 1 is 1.38 bits per heavy atom. The van der Waals surface area contributed by atoms with E-state index in [1.54, 1.807) is 19.2 Å². The first-order valence-electron chi connectivity index (χ1n) is 10.6. The van der Waals surface area contributed by atoms with Crippen molar-refractivity contribution >= 4 is 51.7 Å². The lowest BCUT2D eigenvalue weighted by Crippen LogP contribution is -2.71. The minimum absolute atomic E-state index is 0.0177. The zero-order valence-electron chi connectivity index (χ0n) is 17.7. The maximum absolute atomic E-state index is 13.1. The van der Waals surface area contributed by atoms with Gasteiger partial charge in [0.05, 0.1) is 0 Å². The summed E-state index contributed by atoms with van der Waals surface area (Å²) < 4.78 is -0.670. The molecule has 4 fully saturated rings. The molecule has 4 aliphatic rings. The average molecular weight is 480 g/mol. The third-order valence-corrected chi connectivity index (χ3v) is 9.14. The Morgan fingerprint density at radius 2 is 2.16 bits per heavy atom. The summed E-state index contributed by atoms with van der Waals surface area (Å²) in [5, 5.41) is 17.9. The standard InChI is InChI=1S/C20H25N5O5S2/c1-20(2)14(18(28)29)25-16(27)13(17(25)32-20)23-15(26)12(10-7-31-19(21)22-10)24-30-11-6-8-3-4-9(11)5-8/h7-9,11,13-14,17H,3-6H2,1-2H3,(H2,21,22)(H,23,26)(H,28,29)/t8?,9?,11?,13-,14-,17+/m0/s1. The molecule has 1 aromatic heterocycles. The fourth-order valence-electron chi connectivity index (χ4n) is 5.39. The van der Waals surface area contributed by atoms with Crippen molar-refractivity contribution in [3.8, 4) is 0 Å². The molecule has 6 atom stereocenters. The average Bonchev–Trinajstić information content (AvgIpc) is 3.49. The summed E-state index contributed by atoms with van der Waals surface area (Å²) in [5.41, 5.74) is 6.02. The second kappa shape index (κ2) is 7.62. The minimum Gasteiger partial charge on any atom is -0.480 e. The molecule has 1 aromatic rings. The van der Waals surface area contributed by atoms with Crippen LogP contribution in [0.2, 0.25) is 0 Å². The maximum Gasteiger partial charge on any atom is 0.327 e. The zero-order chi connectivity index (χ0) is 22.8. The molecule has 3 heterocycles. The number of nitrogens with zero attached hydrogens (tertiary/aromatic N) is 3. The van der Waals surface area contributed by atoms with Crippen LogP contribution in [0.25, 0.3) is 0 Å². The summed E-state index contributed by atoms with van der Waals surface area (Å²) in [4.78, 5) is 48.8. The van der Waals surface area contributed by atoms with Gasteiger partial charge in [-0.15, -0.1) is 23.1 Å². The highest BCUT2D eigenvalue weighted by Gasteiger charge is 2.64. The number of oxime groups is 1. The molecule has 10 nitrogen and oxygen atoms in total. The van der Waals surface area contributed by atoms with E-state index in [1.807, 2.05) is 0 Å². The van der Waals surface area contributed by atoms with Crippen molar-refractivity contribution < 1.29 is 24.3 Å². The largest absolute Gasteiger partial charge is 0.480 e. The number of hydrogen-bond donors (Lipinski definition) is 3. The molecule has 12 heteroatoms. The third-order valence-electron chi connectivity index (χ3n) is 6.89. The van der Waals surface area contributed by atoms with E-state index in [0.29, 0.717) is 22.7 Å². The summed E-state index contributed by atoms with van der Waals surface area (Å²) in [7, 11) is 0. The molecule has 0 spiro atoms. The van der Waals surface area contributed by atoms with Crippen LogP contribution in [-0.2, 0) is 19.2 Å². The van der Waals surface area contributed by atoms with Crippen LogP contribution in [0.5, 0.6) is 0 Å². The topological polar surface area (TPSA) is 147 Å². The number of carboxylic acids is 1. The van der Waals surface area contributed by atoms with Crippen molar-refractivity contribution in [2.24, 2.45) is 17.0 Å². The first-order chi connectivity index (χ1) is 15.2. The fraction of sp³-hybridized carbons (Fsp3) is 0.650. The highest BCUT2D eigenvalue weighted by atomic mass is 32.2. The van der Waals surface area contributed by atoms with Crippen molar-refractivity contribution in [1.29, 1.82) is 0 Å². The number of nitrogen functional groups attached to an aromatic ring is 1. The lowest BCUT2D eigenvalue weighted by molar-refractivity contribution is -0.160. The van der Waals surface area contributed by atoms with Crippen LogP contribution >= 0.6 is 23.1 Å².